The van der Waals surface area contributed by atoms with Crippen LogP contribution in [0.15, 0.2) is 23.8 Å². The monoisotopic (exact) mass is 338 g/mol. The summed E-state index contributed by atoms with van der Waals surface area (Å²) in [5.41, 5.74) is 0.765. The third kappa shape index (κ3) is 5.29. The number of nitrogens with zero attached hydrogens (tertiary/aromatic N) is 1. The van der Waals surface area contributed by atoms with Gasteiger partial charge in [0, 0.05) is 6.04 Å². The Morgan fingerprint density at radius 2 is 2.12 bits per heavy atom. The SMILES string of the molecule is C#CCOc1ccc(/C=C(/C#N)C(=O)NC2CCCC2)cc1OCC. The first-order valence-electron chi connectivity index (χ1n) is 8.43. The van der Waals surface area contributed by atoms with Crippen molar-refractivity contribution >= 4 is 12.0 Å². The minimum atomic E-state index is -0.333. The fraction of sp³-hybridized carbons (Fsp3) is 0.400. The van der Waals surface area contributed by atoms with E-state index in [1.54, 1.807) is 24.3 Å². The first-order chi connectivity index (χ1) is 12.2. The van der Waals surface area contributed by atoms with Gasteiger partial charge in [0.25, 0.3) is 5.91 Å². The maximum Gasteiger partial charge on any atom is 0.262 e. The van der Waals surface area contributed by atoms with E-state index in [2.05, 4.69) is 11.2 Å². The van der Waals surface area contributed by atoms with Gasteiger partial charge in [-0.3, -0.25) is 4.79 Å². The van der Waals surface area contributed by atoms with Crippen LogP contribution in [-0.2, 0) is 4.79 Å². The Morgan fingerprint density at radius 1 is 1.36 bits per heavy atom. The molecule has 0 radical (unpaired) electrons. The van der Waals surface area contributed by atoms with Gasteiger partial charge in [0.05, 0.1) is 6.61 Å². The molecule has 0 saturated heterocycles. The average Bonchev–Trinajstić information content (AvgIpc) is 3.12. The lowest BCUT2D eigenvalue weighted by Gasteiger charge is -2.12. The van der Waals surface area contributed by atoms with Crippen LogP contribution in [0.2, 0.25) is 0 Å². The second-order valence-electron chi connectivity index (χ2n) is 5.76. The first-order valence-corrected chi connectivity index (χ1v) is 8.43. The Hall–Kier alpha value is -2.92. The highest BCUT2D eigenvalue weighted by atomic mass is 16.5. The number of terminal acetylenes is 1. The van der Waals surface area contributed by atoms with Gasteiger partial charge < -0.3 is 14.8 Å². The van der Waals surface area contributed by atoms with E-state index < -0.39 is 0 Å². The van der Waals surface area contributed by atoms with Crippen molar-refractivity contribution in [2.45, 2.75) is 38.6 Å². The van der Waals surface area contributed by atoms with Gasteiger partial charge in [-0.15, -0.1) is 6.42 Å². The van der Waals surface area contributed by atoms with Crippen LogP contribution >= 0.6 is 0 Å². The predicted octanol–water partition coefficient (Wildman–Crippen LogP) is 3.06. The van der Waals surface area contributed by atoms with E-state index in [9.17, 15) is 10.1 Å². The van der Waals surface area contributed by atoms with E-state index in [1.807, 2.05) is 13.0 Å². The number of rotatable bonds is 7. The number of nitrogens with one attached hydrogen (secondary N) is 1. The Balaban J connectivity index is 2.18. The van der Waals surface area contributed by atoms with E-state index >= 15 is 0 Å². The number of amides is 1. The topological polar surface area (TPSA) is 71.3 Å². The lowest BCUT2D eigenvalue weighted by Crippen LogP contribution is -2.33. The van der Waals surface area contributed by atoms with Gasteiger partial charge in [0.2, 0.25) is 0 Å². The summed E-state index contributed by atoms with van der Waals surface area (Å²) in [6.07, 6.45) is 10.9. The third-order valence-electron chi connectivity index (χ3n) is 3.95. The van der Waals surface area contributed by atoms with E-state index in [0.29, 0.717) is 23.7 Å². The molecule has 1 fully saturated rings. The molecule has 0 aliphatic heterocycles. The summed E-state index contributed by atoms with van der Waals surface area (Å²) < 4.78 is 11.0. The molecule has 1 aliphatic carbocycles. The lowest BCUT2D eigenvalue weighted by molar-refractivity contribution is -0.117. The molecular formula is C20H22N2O3. The molecule has 1 amide bonds. The summed E-state index contributed by atoms with van der Waals surface area (Å²) >= 11 is 0. The van der Waals surface area contributed by atoms with Crippen molar-refractivity contribution in [3.63, 3.8) is 0 Å². The van der Waals surface area contributed by atoms with Crippen LogP contribution in [0.5, 0.6) is 11.5 Å². The van der Waals surface area contributed by atoms with E-state index in [1.165, 1.54) is 0 Å². The second-order valence-corrected chi connectivity index (χ2v) is 5.76. The van der Waals surface area contributed by atoms with Crippen LogP contribution in [0.1, 0.15) is 38.2 Å². The fourth-order valence-corrected chi connectivity index (χ4v) is 2.77. The van der Waals surface area contributed by atoms with Gasteiger partial charge in [-0.2, -0.15) is 5.26 Å². The molecule has 1 aliphatic rings. The molecule has 5 heteroatoms. The fourth-order valence-electron chi connectivity index (χ4n) is 2.77. The molecular weight excluding hydrogens is 316 g/mol. The highest BCUT2D eigenvalue weighted by Gasteiger charge is 2.19. The minimum Gasteiger partial charge on any atom is -0.490 e. The van der Waals surface area contributed by atoms with Crippen LogP contribution in [0, 0.1) is 23.7 Å². The maximum atomic E-state index is 12.3. The summed E-state index contributed by atoms with van der Waals surface area (Å²) in [5, 5.41) is 12.2. The molecule has 0 bridgehead atoms. The van der Waals surface area contributed by atoms with E-state index in [-0.39, 0.29) is 24.1 Å². The molecule has 1 saturated carbocycles. The molecule has 0 heterocycles. The standard InChI is InChI=1S/C20H22N2O3/c1-3-11-25-18-10-9-15(13-19(18)24-4-2)12-16(14-21)20(23)22-17-7-5-6-8-17/h1,9-10,12-13,17H,4-8,11H2,2H3,(H,22,23)/b16-12-. The summed E-state index contributed by atoms with van der Waals surface area (Å²) in [4.78, 5) is 12.3. The normalized spacial score (nSPS) is 14.4. The molecule has 0 spiro atoms. The maximum absolute atomic E-state index is 12.3. The molecule has 25 heavy (non-hydrogen) atoms. The highest BCUT2D eigenvalue weighted by Crippen LogP contribution is 2.29. The Kier molecular flexibility index (Phi) is 6.92. The quantitative estimate of drug-likeness (QED) is 0.471. The van der Waals surface area contributed by atoms with Gasteiger partial charge in [-0.1, -0.05) is 24.8 Å². The molecule has 2 rings (SSSR count). The van der Waals surface area contributed by atoms with E-state index in [4.69, 9.17) is 15.9 Å². The minimum absolute atomic E-state index is 0.0756. The van der Waals surface area contributed by atoms with Crippen LogP contribution in [-0.4, -0.2) is 25.2 Å². The van der Waals surface area contributed by atoms with Gasteiger partial charge in [-0.05, 0) is 43.5 Å². The lowest BCUT2D eigenvalue weighted by atomic mass is 10.1. The third-order valence-corrected chi connectivity index (χ3v) is 3.95. The number of carbonyl (C=O) groups excluding carboxylic acids is 1. The molecule has 1 aromatic carbocycles. The number of hydrogen-bond acceptors (Lipinski definition) is 4. The molecule has 1 aromatic rings. The number of nitriles is 1. The number of ether oxygens (including phenoxy) is 2. The van der Waals surface area contributed by atoms with Crippen LogP contribution < -0.4 is 14.8 Å². The van der Waals surface area contributed by atoms with Crippen molar-refractivity contribution in [3.8, 4) is 29.9 Å². The summed E-state index contributed by atoms with van der Waals surface area (Å²) in [6, 6.07) is 7.35. The van der Waals surface area contributed by atoms with Crippen molar-refractivity contribution < 1.29 is 14.3 Å². The molecule has 130 valence electrons. The van der Waals surface area contributed by atoms with Gasteiger partial charge in [0.1, 0.15) is 18.2 Å². The van der Waals surface area contributed by atoms with Crippen molar-refractivity contribution in [3.05, 3.63) is 29.3 Å². The van der Waals surface area contributed by atoms with Crippen molar-refractivity contribution in [2.75, 3.05) is 13.2 Å². The molecule has 0 aromatic heterocycles. The first kappa shape index (κ1) is 18.4. The zero-order valence-corrected chi connectivity index (χ0v) is 14.4. The van der Waals surface area contributed by atoms with Gasteiger partial charge in [0.15, 0.2) is 11.5 Å². The Labute approximate surface area is 148 Å². The van der Waals surface area contributed by atoms with E-state index in [0.717, 1.165) is 25.7 Å². The Bertz CT molecular complexity index is 719. The highest BCUT2D eigenvalue weighted by molar-refractivity contribution is 6.01. The zero-order valence-electron chi connectivity index (χ0n) is 14.4. The molecule has 0 unspecified atom stereocenters. The molecule has 0 atom stereocenters. The van der Waals surface area contributed by atoms with Crippen molar-refractivity contribution in [1.82, 2.24) is 5.32 Å². The van der Waals surface area contributed by atoms with Gasteiger partial charge in [-0.25, -0.2) is 0 Å². The number of hydrogen-bond donors (Lipinski definition) is 1. The summed E-state index contributed by atoms with van der Waals surface area (Å²) in [5.74, 6) is 3.13. The predicted molar refractivity (Wildman–Crippen MR) is 95.9 cm³/mol. The van der Waals surface area contributed by atoms with Gasteiger partial charge >= 0.3 is 0 Å². The number of carbonyl (C=O) groups is 1. The van der Waals surface area contributed by atoms with Crippen LogP contribution in [0.25, 0.3) is 6.08 Å². The zero-order chi connectivity index (χ0) is 18.1. The summed E-state index contributed by atoms with van der Waals surface area (Å²) in [7, 11) is 0. The van der Waals surface area contributed by atoms with Crippen LogP contribution in [0.3, 0.4) is 0 Å². The summed E-state index contributed by atoms with van der Waals surface area (Å²) in [6.45, 7) is 2.47. The smallest absolute Gasteiger partial charge is 0.262 e. The average molecular weight is 338 g/mol. The molecule has 5 nitrogen and oxygen atoms in total. The van der Waals surface area contributed by atoms with Crippen molar-refractivity contribution in [2.24, 2.45) is 0 Å². The molecule has 1 N–H and O–H groups in total. The Morgan fingerprint density at radius 3 is 2.76 bits per heavy atom. The second kappa shape index (κ2) is 9.39. The number of benzene rings is 1. The van der Waals surface area contributed by atoms with Crippen molar-refractivity contribution in [1.29, 1.82) is 5.26 Å². The van der Waals surface area contributed by atoms with Crippen LogP contribution in [0.4, 0.5) is 0 Å². The largest absolute Gasteiger partial charge is 0.490 e.